The highest BCUT2D eigenvalue weighted by Crippen LogP contribution is 2.25. The number of amides is 2. The average molecular weight is 217 g/mol. The van der Waals surface area contributed by atoms with Gasteiger partial charge in [0.15, 0.2) is 0 Å². The molecule has 2 amide bonds. The normalized spacial score (nSPS) is 17.5. The van der Waals surface area contributed by atoms with Crippen molar-refractivity contribution in [1.29, 1.82) is 0 Å². The second kappa shape index (κ2) is 3.70. The first-order chi connectivity index (χ1) is 7.81. The summed E-state index contributed by atoms with van der Waals surface area (Å²) in [4.78, 5) is 11.5. The van der Waals surface area contributed by atoms with Gasteiger partial charge in [-0.25, -0.2) is 4.79 Å². The van der Waals surface area contributed by atoms with Crippen LogP contribution in [0.15, 0.2) is 18.2 Å². The van der Waals surface area contributed by atoms with E-state index in [9.17, 15) is 4.79 Å². The van der Waals surface area contributed by atoms with Gasteiger partial charge in [0.05, 0.1) is 0 Å². The molecule has 1 aliphatic carbocycles. The molecule has 4 heteroatoms. The molecule has 0 unspecified atom stereocenters. The smallest absolute Gasteiger partial charge is 0.319 e. The fourth-order valence-electron chi connectivity index (χ4n) is 1.95. The van der Waals surface area contributed by atoms with Crippen molar-refractivity contribution in [2.75, 3.05) is 17.2 Å². The molecule has 3 N–H and O–H groups in total. The number of hydrogen-bond acceptors (Lipinski definition) is 2. The van der Waals surface area contributed by atoms with Crippen molar-refractivity contribution >= 4 is 17.4 Å². The number of anilines is 2. The minimum Gasteiger partial charge on any atom is -0.384 e. The van der Waals surface area contributed by atoms with E-state index in [1.807, 2.05) is 12.1 Å². The highest BCUT2D eigenvalue weighted by Gasteiger charge is 2.23. The van der Waals surface area contributed by atoms with Crippen molar-refractivity contribution < 1.29 is 4.79 Å². The third-order valence-corrected chi connectivity index (χ3v) is 2.99. The summed E-state index contributed by atoms with van der Waals surface area (Å²) < 4.78 is 0. The van der Waals surface area contributed by atoms with Crippen molar-refractivity contribution in [3.8, 4) is 0 Å². The molecule has 0 aromatic heterocycles. The maximum Gasteiger partial charge on any atom is 0.319 e. The molecule has 1 aromatic carbocycles. The van der Waals surface area contributed by atoms with Crippen LogP contribution >= 0.6 is 0 Å². The van der Waals surface area contributed by atoms with E-state index in [1.165, 1.54) is 5.56 Å². The molecule has 1 fully saturated rings. The molecular weight excluding hydrogens is 202 g/mol. The zero-order valence-electron chi connectivity index (χ0n) is 9.05. The van der Waals surface area contributed by atoms with Crippen LogP contribution in [0.4, 0.5) is 16.2 Å². The predicted molar refractivity (Wildman–Crippen MR) is 63.8 cm³/mol. The number of rotatable bonds is 2. The summed E-state index contributed by atoms with van der Waals surface area (Å²) in [6.45, 7) is 0.993. The number of fused-ring (bicyclic) bond motifs is 1. The fraction of sp³-hybridized carbons (Fsp3) is 0.417. The summed E-state index contributed by atoms with van der Waals surface area (Å²) in [5.74, 6) is 0. The van der Waals surface area contributed by atoms with Crippen molar-refractivity contribution in [3.63, 3.8) is 0 Å². The maximum atomic E-state index is 11.5. The van der Waals surface area contributed by atoms with Crippen LogP contribution in [0.2, 0.25) is 0 Å². The number of carbonyl (C=O) groups is 1. The van der Waals surface area contributed by atoms with Crippen molar-refractivity contribution in [2.24, 2.45) is 0 Å². The van der Waals surface area contributed by atoms with Gasteiger partial charge in [0.25, 0.3) is 0 Å². The van der Waals surface area contributed by atoms with Crippen LogP contribution in [0.3, 0.4) is 0 Å². The third-order valence-electron chi connectivity index (χ3n) is 2.99. The molecular formula is C12H15N3O. The molecule has 0 atom stereocenters. The second-order valence-electron chi connectivity index (χ2n) is 4.42. The van der Waals surface area contributed by atoms with Gasteiger partial charge < -0.3 is 16.0 Å². The van der Waals surface area contributed by atoms with E-state index in [4.69, 9.17) is 0 Å². The molecule has 0 bridgehead atoms. The minimum atomic E-state index is -0.0968. The highest BCUT2D eigenvalue weighted by molar-refractivity contribution is 5.90. The molecule has 0 radical (unpaired) electrons. The molecule has 2 aliphatic rings. The van der Waals surface area contributed by atoms with Gasteiger partial charge in [0, 0.05) is 24.0 Å². The van der Waals surface area contributed by atoms with Gasteiger partial charge in [-0.2, -0.15) is 0 Å². The van der Waals surface area contributed by atoms with Crippen LogP contribution in [0.25, 0.3) is 0 Å². The van der Waals surface area contributed by atoms with Gasteiger partial charge in [-0.05, 0) is 37.0 Å². The first-order valence-electron chi connectivity index (χ1n) is 5.75. The SMILES string of the molecule is O=C(Nc1ccc2c(c1)NCC2)NC1CC1. The van der Waals surface area contributed by atoms with Gasteiger partial charge in [-0.3, -0.25) is 0 Å². The van der Waals surface area contributed by atoms with Crippen molar-refractivity contribution in [3.05, 3.63) is 23.8 Å². The van der Waals surface area contributed by atoms with Crippen LogP contribution in [-0.4, -0.2) is 18.6 Å². The van der Waals surface area contributed by atoms with Crippen molar-refractivity contribution in [2.45, 2.75) is 25.3 Å². The van der Waals surface area contributed by atoms with E-state index in [2.05, 4.69) is 22.0 Å². The van der Waals surface area contributed by atoms with E-state index < -0.39 is 0 Å². The van der Waals surface area contributed by atoms with Crippen LogP contribution in [-0.2, 0) is 6.42 Å². The Morgan fingerprint density at radius 3 is 3.06 bits per heavy atom. The molecule has 0 spiro atoms. The summed E-state index contributed by atoms with van der Waals surface area (Å²) >= 11 is 0. The number of nitrogens with one attached hydrogen (secondary N) is 3. The Hall–Kier alpha value is -1.71. The number of benzene rings is 1. The number of hydrogen-bond donors (Lipinski definition) is 3. The first-order valence-corrected chi connectivity index (χ1v) is 5.75. The Balaban J connectivity index is 1.67. The van der Waals surface area contributed by atoms with Gasteiger partial charge in [-0.15, -0.1) is 0 Å². The Morgan fingerprint density at radius 2 is 2.25 bits per heavy atom. The van der Waals surface area contributed by atoms with Crippen molar-refractivity contribution in [1.82, 2.24) is 5.32 Å². The van der Waals surface area contributed by atoms with Crippen LogP contribution < -0.4 is 16.0 Å². The molecule has 1 aromatic rings. The van der Waals surface area contributed by atoms with Gasteiger partial charge in [0.1, 0.15) is 0 Å². The Kier molecular flexibility index (Phi) is 2.20. The summed E-state index contributed by atoms with van der Waals surface area (Å²) in [6, 6.07) is 6.32. The lowest BCUT2D eigenvalue weighted by Crippen LogP contribution is -2.30. The van der Waals surface area contributed by atoms with E-state index in [-0.39, 0.29) is 6.03 Å². The molecule has 1 aliphatic heterocycles. The molecule has 84 valence electrons. The topological polar surface area (TPSA) is 53.2 Å². The van der Waals surface area contributed by atoms with E-state index >= 15 is 0 Å². The largest absolute Gasteiger partial charge is 0.384 e. The second-order valence-corrected chi connectivity index (χ2v) is 4.42. The molecule has 3 rings (SSSR count). The van der Waals surface area contributed by atoms with E-state index in [1.54, 1.807) is 0 Å². The lowest BCUT2D eigenvalue weighted by Gasteiger charge is -2.08. The fourth-order valence-corrected chi connectivity index (χ4v) is 1.95. The minimum absolute atomic E-state index is 0.0968. The van der Waals surface area contributed by atoms with Gasteiger partial charge in [-0.1, -0.05) is 6.07 Å². The maximum absolute atomic E-state index is 11.5. The Bertz CT molecular complexity index is 426. The van der Waals surface area contributed by atoms with Crippen LogP contribution in [0.5, 0.6) is 0 Å². The zero-order chi connectivity index (χ0) is 11.0. The molecule has 4 nitrogen and oxygen atoms in total. The van der Waals surface area contributed by atoms with Crippen LogP contribution in [0, 0.1) is 0 Å². The van der Waals surface area contributed by atoms with E-state index in [0.29, 0.717) is 6.04 Å². The first kappa shape index (κ1) is 9.51. The summed E-state index contributed by atoms with van der Waals surface area (Å²) in [7, 11) is 0. The molecule has 0 saturated heterocycles. The summed E-state index contributed by atoms with van der Waals surface area (Å²) in [6.07, 6.45) is 3.29. The summed E-state index contributed by atoms with van der Waals surface area (Å²) in [5, 5.41) is 9.05. The summed E-state index contributed by atoms with van der Waals surface area (Å²) in [5.41, 5.74) is 3.32. The zero-order valence-corrected chi connectivity index (χ0v) is 9.05. The number of carbonyl (C=O) groups excluding carboxylic acids is 1. The molecule has 1 heterocycles. The lowest BCUT2D eigenvalue weighted by atomic mass is 10.1. The highest BCUT2D eigenvalue weighted by atomic mass is 16.2. The lowest BCUT2D eigenvalue weighted by molar-refractivity contribution is 0.251. The monoisotopic (exact) mass is 217 g/mol. The van der Waals surface area contributed by atoms with Gasteiger partial charge in [0.2, 0.25) is 0 Å². The molecule has 1 saturated carbocycles. The quantitative estimate of drug-likeness (QED) is 0.709. The Labute approximate surface area is 94.4 Å². The van der Waals surface area contributed by atoms with Gasteiger partial charge >= 0.3 is 6.03 Å². The molecule has 16 heavy (non-hydrogen) atoms. The number of urea groups is 1. The average Bonchev–Trinajstić information content (AvgIpc) is 2.95. The standard InChI is InChI=1S/C12H15N3O/c16-12(14-9-3-4-9)15-10-2-1-8-5-6-13-11(8)7-10/h1-2,7,9,13H,3-6H2,(H2,14,15,16). The Morgan fingerprint density at radius 1 is 1.38 bits per heavy atom. The van der Waals surface area contributed by atoms with E-state index in [0.717, 1.165) is 37.2 Å². The van der Waals surface area contributed by atoms with Crippen LogP contribution in [0.1, 0.15) is 18.4 Å². The third kappa shape index (κ3) is 1.96. The predicted octanol–water partition coefficient (Wildman–Crippen LogP) is 1.94.